The summed E-state index contributed by atoms with van der Waals surface area (Å²) in [7, 11) is 2.67. The molecule has 0 saturated carbocycles. The van der Waals surface area contributed by atoms with Crippen LogP contribution in [0.1, 0.15) is 27.4 Å². The number of ether oxygens (including phenoxy) is 3. The first kappa shape index (κ1) is 30.5. The zero-order chi connectivity index (χ0) is 30.8. The predicted octanol–water partition coefficient (Wildman–Crippen LogP) is 3.92. The van der Waals surface area contributed by atoms with Gasteiger partial charge in [-0.05, 0) is 42.8 Å². The summed E-state index contributed by atoms with van der Waals surface area (Å²) in [5, 5.41) is 2.45. The van der Waals surface area contributed by atoms with Crippen LogP contribution >= 0.6 is 0 Å². The smallest absolute Gasteiger partial charge is 0.497 e. The Labute approximate surface area is 236 Å². The molecule has 0 spiro atoms. The summed E-state index contributed by atoms with van der Waals surface area (Å²) in [5.41, 5.74) is -0.851. The lowest BCUT2D eigenvalue weighted by molar-refractivity contribution is -0.274. The van der Waals surface area contributed by atoms with Crippen molar-refractivity contribution in [3.63, 3.8) is 0 Å². The monoisotopic (exact) mass is 595 g/mol. The molecule has 1 saturated heterocycles. The summed E-state index contributed by atoms with van der Waals surface area (Å²) in [6.07, 6.45) is -3.42. The topological polar surface area (TPSA) is 99.1 Å². The van der Waals surface area contributed by atoms with Gasteiger partial charge in [0.15, 0.2) is 0 Å². The van der Waals surface area contributed by atoms with Crippen LogP contribution in [0.2, 0.25) is 0 Å². The molecule has 0 radical (unpaired) electrons. The van der Waals surface area contributed by atoms with Gasteiger partial charge in [-0.15, -0.1) is 13.2 Å². The average Bonchev–Trinajstić information content (AvgIpc) is 3.22. The van der Waals surface area contributed by atoms with E-state index in [0.29, 0.717) is 5.56 Å². The number of methoxy groups -OCH3 is 2. The number of nitrogens with one attached hydrogen (secondary N) is 1. The molecule has 3 aromatic rings. The molecule has 14 heteroatoms. The van der Waals surface area contributed by atoms with E-state index in [1.807, 2.05) is 0 Å². The first-order valence-electron chi connectivity index (χ1n) is 12.5. The molecular weight excluding hydrogens is 569 g/mol. The third-order valence-corrected chi connectivity index (χ3v) is 6.76. The minimum Gasteiger partial charge on any atom is -0.497 e. The first-order valence-corrected chi connectivity index (χ1v) is 12.5. The molecule has 0 unspecified atom stereocenters. The summed E-state index contributed by atoms with van der Waals surface area (Å²) in [4.78, 5) is 41.3. The Hall–Kier alpha value is -4.46. The first-order chi connectivity index (χ1) is 19.8. The van der Waals surface area contributed by atoms with Crippen LogP contribution in [0.15, 0.2) is 53.5 Å². The van der Waals surface area contributed by atoms with Crippen LogP contribution in [0.3, 0.4) is 0 Å². The molecule has 0 aliphatic carbocycles. The number of pyridine rings is 1. The number of carbonyl (C=O) groups excluding carboxylic acids is 2. The molecule has 0 bridgehead atoms. The minimum atomic E-state index is -4.94. The van der Waals surface area contributed by atoms with Crippen LogP contribution in [0.4, 0.5) is 27.6 Å². The molecular formula is C28H26F5N3O6. The van der Waals surface area contributed by atoms with Gasteiger partial charge in [-0.3, -0.25) is 14.4 Å². The van der Waals surface area contributed by atoms with E-state index in [2.05, 4.69) is 10.1 Å². The molecule has 2 heterocycles. The zero-order valence-corrected chi connectivity index (χ0v) is 22.6. The van der Waals surface area contributed by atoms with Crippen molar-refractivity contribution in [2.75, 3.05) is 32.3 Å². The molecule has 1 N–H and O–H groups in total. The number of aromatic nitrogens is 1. The highest BCUT2D eigenvalue weighted by Crippen LogP contribution is 2.36. The number of nitrogens with zero attached hydrogens (tertiary/aromatic N) is 2. The van der Waals surface area contributed by atoms with E-state index in [1.54, 1.807) is 13.0 Å². The molecule has 2 atom stereocenters. The highest BCUT2D eigenvalue weighted by atomic mass is 19.4. The summed E-state index contributed by atoms with van der Waals surface area (Å²) in [5.74, 6) is -5.79. The lowest BCUT2D eigenvalue weighted by atomic mass is 9.92. The lowest BCUT2D eigenvalue weighted by Crippen LogP contribution is -2.45. The molecule has 42 heavy (non-hydrogen) atoms. The van der Waals surface area contributed by atoms with Crippen molar-refractivity contribution in [2.45, 2.75) is 31.8 Å². The third-order valence-electron chi connectivity index (χ3n) is 6.76. The van der Waals surface area contributed by atoms with Gasteiger partial charge >= 0.3 is 6.36 Å². The number of hydrogen-bond donors (Lipinski definition) is 1. The lowest BCUT2D eigenvalue weighted by Gasteiger charge is -2.20. The van der Waals surface area contributed by atoms with Gasteiger partial charge in [0.25, 0.3) is 11.5 Å². The Balaban J connectivity index is 1.73. The van der Waals surface area contributed by atoms with Crippen LogP contribution in [0.25, 0.3) is 0 Å². The van der Waals surface area contributed by atoms with Crippen LogP contribution in [0, 0.1) is 18.6 Å². The Kier molecular flexibility index (Phi) is 8.85. The summed E-state index contributed by atoms with van der Waals surface area (Å²) >= 11 is 0. The van der Waals surface area contributed by atoms with Crippen molar-refractivity contribution >= 4 is 17.5 Å². The molecule has 9 nitrogen and oxygen atoms in total. The number of aryl methyl sites for hydroxylation is 1. The second kappa shape index (κ2) is 12.2. The zero-order valence-electron chi connectivity index (χ0n) is 22.6. The minimum absolute atomic E-state index is 0.0386. The number of benzene rings is 2. The van der Waals surface area contributed by atoms with E-state index < -0.39 is 58.6 Å². The van der Waals surface area contributed by atoms with Gasteiger partial charge in [0, 0.05) is 55.6 Å². The number of carbonyl (C=O) groups is 2. The molecule has 2 aromatic carbocycles. The quantitative estimate of drug-likeness (QED) is 0.377. The predicted molar refractivity (Wildman–Crippen MR) is 140 cm³/mol. The molecule has 2 amide bonds. The van der Waals surface area contributed by atoms with Gasteiger partial charge in [0.2, 0.25) is 5.91 Å². The second-order valence-corrected chi connectivity index (χ2v) is 9.42. The number of hydrogen-bond acceptors (Lipinski definition) is 6. The van der Waals surface area contributed by atoms with Gasteiger partial charge in [0.05, 0.1) is 13.7 Å². The van der Waals surface area contributed by atoms with Crippen LogP contribution in [0.5, 0.6) is 11.5 Å². The SMILES string of the molecule is COCCn1ccc(C)c(N2C[C@@H](c3c(F)cc(OC)cc3F)[C@H](NC(=O)c3ccc(OC(F)(F)F)cc3)C2=O)c1=O. The van der Waals surface area contributed by atoms with E-state index in [4.69, 9.17) is 9.47 Å². The van der Waals surface area contributed by atoms with Gasteiger partial charge < -0.3 is 29.0 Å². The van der Waals surface area contributed by atoms with Crippen molar-refractivity contribution in [3.05, 3.63) is 87.3 Å². The van der Waals surface area contributed by atoms with Crippen molar-refractivity contribution in [1.82, 2.24) is 9.88 Å². The third kappa shape index (κ3) is 6.38. The molecule has 1 fully saturated rings. The van der Waals surface area contributed by atoms with Gasteiger partial charge in [-0.25, -0.2) is 8.78 Å². The molecule has 4 rings (SSSR count). The molecule has 1 aliphatic rings. The van der Waals surface area contributed by atoms with Crippen LogP contribution < -0.4 is 25.2 Å². The van der Waals surface area contributed by atoms with Crippen molar-refractivity contribution in [1.29, 1.82) is 0 Å². The summed E-state index contributed by atoms with van der Waals surface area (Å²) in [6.45, 7) is 1.59. The Morgan fingerprint density at radius 3 is 2.24 bits per heavy atom. The highest BCUT2D eigenvalue weighted by Gasteiger charge is 2.46. The highest BCUT2D eigenvalue weighted by molar-refractivity contribution is 6.05. The molecule has 1 aliphatic heterocycles. The molecule has 1 aromatic heterocycles. The Morgan fingerprint density at radius 1 is 1.02 bits per heavy atom. The van der Waals surface area contributed by atoms with Crippen LogP contribution in [-0.2, 0) is 16.1 Å². The van der Waals surface area contributed by atoms with E-state index in [1.165, 1.54) is 25.0 Å². The average molecular weight is 596 g/mol. The fraction of sp³-hybridized carbons (Fsp3) is 0.321. The van der Waals surface area contributed by atoms with E-state index >= 15 is 8.78 Å². The largest absolute Gasteiger partial charge is 0.573 e. The fourth-order valence-electron chi connectivity index (χ4n) is 4.77. The van der Waals surface area contributed by atoms with Crippen molar-refractivity contribution < 1.29 is 45.8 Å². The maximum atomic E-state index is 15.2. The van der Waals surface area contributed by atoms with E-state index in [0.717, 1.165) is 41.3 Å². The number of amides is 2. The number of alkyl halides is 3. The summed E-state index contributed by atoms with van der Waals surface area (Å²) < 4.78 is 83.0. The maximum absolute atomic E-state index is 15.2. The van der Waals surface area contributed by atoms with Gasteiger partial charge in [0.1, 0.15) is 34.9 Å². The normalized spacial score (nSPS) is 17.0. The number of halogens is 5. The van der Waals surface area contributed by atoms with E-state index in [-0.39, 0.29) is 36.7 Å². The fourth-order valence-corrected chi connectivity index (χ4v) is 4.77. The second-order valence-electron chi connectivity index (χ2n) is 9.42. The number of anilines is 1. The molecule has 224 valence electrons. The Bertz CT molecular complexity index is 1520. The standard InChI is InChI=1S/C28H26F5N3O6/c1-15-8-9-35(10-11-40-2)27(39)24(15)36-14-19(22-20(29)12-18(41-3)13-21(22)30)23(26(36)38)34-25(37)16-4-6-17(7-5-16)42-28(31,32)33/h4-9,12-13,19,23H,10-11,14H2,1-3H3,(H,34,37)/t19-,23-/m0/s1. The van der Waals surface area contributed by atoms with Crippen molar-refractivity contribution in [2.24, 2.45) is 0 Å². The Morgan fingerprint density at radius 2 is 1.67 bits per heavy atom. The van der Waals surface area contributed by atoms with Crippen LogP contribution in [-0.4, -0.2) is 56.2 Å². The number of rotatable bonds is 9. The van der Waals surface area contributed by atoms with Gasteiger partial charge in [-0.1, -0.05) is 0 Å². The maximum Gasteiger partial charge on any atom is 0.573 e. The van der Waals surface area contributed by atoms with Gasteiger partial charge in [-0.2, -0.15) is 0 Å². The summed E-state index contributed by atoms with van der Waals surface area (Å²) in [6, 6.07) is 5.78. The van der Waals surface area contributed by atoms with Crippen molar-refractivity contribution in [3.8, 4) is 11.5 Å². The van der Waals surface area contributed by atoms with E-state index in [9.17, 15) is 27.6 Å².